The van der Waals surface area contributed by atoms with Gasteiger partial charge in [-0.3, -0.25) is 0 Å². The molecule has 0 heterocycles. The minimum Gasteiger partial charge on any atom is -0.494 e. The lowest BCUT2D eigenvalue weighted by Gasteiger charge is -2.15. The van der Waals surface area contributed by atoms with Gasteiger partial charge in [0.1, 0.15) is 10.5 Å². The molecule has 9 heteroatoms. The summed E-state index contributed by atoms with van der Waals surface area (Å²) in [6.07, 6.45) is 0. The Morgan fingerprint density at radius 2 is 2.10 bits per heavy atom. The lowest BCUT2D eigenvalue weighted by atomic mass is 10.2. The fourth-order valence-corrected chi connectivity index (χ4v) is 3.24. The molecule has 20 heavy (non-hydrogen) atoms. The van der Waals surface area contributed by atoms with Gasteiger partial charge in [-0.15, -0.1) is 0 Å². The monoisotopic (exact) mass is 323 g/mol. The third-order valence-electron chi connectivity index (χ3n) is 2.37. The molecule has 0 aliphatic carbocycles. The van der Waals surface area contributed by atoms with Crippen molar-refractivity contribution >= 4 is 27.6 Å². The van der Waals surface area contributed by atoms with Gasteiger partial charge in [-0.25, -0.2) is 17.9 Å². The Hall–Kier alpha value is -1.35. The number of nitrogens with one attached hydrogen (secondary N) is 1. The SMILES string of the molecule is COc1c(C(=O)O)cc(Cl)cc1S(=O)(=O)N[C@@H](C)CO. The number of aromatic carboxylic acids is 1. The van der Waals surface area contributed by atoms with Crippen molar-refractivity contribution in [2.75, 3.05) is 13.7 Å². The van der Waals surface area contributed by atoms with E-state index in [0.717, 1.165) is 19.2 Å². The highest BCUT2D eigenvalue weighted by atomic mass is 35.5. The zero-order valence-corrected chi connectivity index (χ0v) is 12.3. The lowest BCUT2D eigenvalue weighted by molar-refractivity contribution is 0.0693. The van der Waals surface area contributed by atoms with E-state index in [0.29, 0.717) is 0 Å². The first-order valence-corrected chi connectivity index (χ1v) is 7.33. The number of rotatable bonds is 6. The highest BCUT2D eigenvalue weighted by Crippen LogP contribution is 2.31. The standard InChI is InChI=1S/C11H14ClNO6S/c1-6(5-14)13-20(17,18)9-4-7(12)3-8(11(15)16)10(9)19-2/h3-4,6,13-14H,5H2,1-2H3,(H,15,16)/t6-/m0/s1. The van der Waals surface area contributed by atoms with E-state index >= 15 is 0 Å². The maximum atomic E-state index is 12.2. The summed E-state index contributed by atoms with van der Waals surface area (Å²) in [4.78, 5) is 10.7. The van der Waals surface area contributed by atoms with Crippen LogP contribution in [0.2, 0.25) is 5.02 Å². The van der Waals surface area contributed by atoms with Crippen LogP contribution in [-0.4, -0.2) is 44.4 Å². The number of benzene rings is 1. The second kappa shape index (κ2) is 6.40. The number of carbonyl (C=O) groups is 1. The Morgan fingerprint density at radius 1 is 1.50 bits per heavy atom. The molecule has 7 nitrogen and oxygen atoms in total. The molecule has 0 unspecified atom stereocenters. The molecule has 1 rings (SSSR count). The first kappa shape index (κ1) is 16.7. The van der Waals surface area contributed by atoms with E-state index in [4.69, 9.17) is 26.6 Å². The van der Waals surface area contributed by atoms with Crippen LogP contribution in [0.4, 0.5) is 0 Å². The van der Waals surface area contributed by atoms with Crippen molar-refractivity contribution < 1.29 is 28.2 Å². The number of aliphatic hydroxyl groups is 1. The number of hydrogen-bond donors (Lipinski definition) is 3. The van der Waals surface area contributed by atoms with Crippen LogP contribution in [0.3, 0.4) is 0 Å². The van der Waals surface area contributed by atoms with Gasteiger partial charge < -0.3 is 14.9 Å². The Bertz CT molecular complexity index is 616. The van der Waals surface area contributed by atoms with Gasteiger partial charge in [0.25, 0.3) is 0 Å². The minimum absolute atomic E-state index is 0.0553. The summed E-state index contributed by atoms with van der Waals surface area (Å²) in [5, 5.41) is 17.9. The number of carboxylic acid groups (broad SMARTS) is 1. The van der Waals surface area contributed by atoms with Gasteiger partial charge >= 0.3 is 5.97 Å². The summed E-state index contributed by atoms with van der Waals surface area (Å²) in [6, 6.07) is 1.44. The first-order valence-electron chi connectivity index (χ1n) is 5.47. The summed E-state index contributed by atoms with van der Waals surface area (Å²) in [6.45, 7) is 1.04. The molecule has 0 saturated carbocycles. The maximum absolute atomic E-state index is 12.2. The quantitative estimate of drug-likeness (QED) is 0.710. The summed E-state index contributed by atoms with van der Waals surface area (Å²) in [5.41, 5.74) is -0.364. The average molecular weight is 324 g/mol. The van der Waals surface area contributed by atoms with E-state index < -0.39 is 33.5 Å². The van der Waals surface area contributed by atoms with E-state index in [9.17, 15) is 13.2 Å². The van der Waals surface area contributed by atoms with Crippen molar-refractivity contribution in [3.63, 3.8) is 0 Å². The molecule has 112 valence electrons. The Balaban J connectivity index is 3.48. The van der Waals surface area contributed by atoms with Crippen LogP contribution in [-0.2, 0) is 10.0 Å². The van der Waals surface area contributed by atoms with Gasteiger partial charge in [0.05, 0.1) is 13.7 Å². The molecule has 0 amide bonds. The highest BCUT2D eigenvalue weighted by Gasteiger charge is 2.26. The topological polar surface area (TPSA) is 113 Å². The zero-order valence-electron chi connectivity index (χ0n) is 10.8. The van der Waals surface area contributed by atoms with Crippen molar-refractivity contribution in [3.8, 4) is 5.75 Å². The molecule has 1 atom stereocenters. The summed E-state index contributed by atoms with van der Waals surface area (Å²) in [5.74, 6) is -1.68. The number of aliphatic hydroxyl groups excluding tert-OH is 1. The van der Waals surface area contributed by atoms with Crippen LogP contribution in [0.5, 0.6) is 5.75 Å². The van der Waals surface area contributed by atoms with Gasteiger partial charge in [-0.05, 0) is 19.1 Å². The molecule has 1 aromatic rings. The van der Waals surface area contributed by atoms with E-state index in [2.05, 4.69) is 4.72 Å². The Kier molecular flexibility index (Phi) is 5.35. The van der Waals surface area contributed by atoms with Crippen LogP contribution in [0.15, 0.2) is 17.0 Å². The van der Waals surface area contributed by atoms with Crippen LogP contribution >= 0.6 is 11.6 Å². The smallest absolute Gasteiger partial charge is 0.339 e. The molecule has 0 bridgehead atoms. The Labute approximate surface area is 121 Å². The number of sulfonamides is 1. The molecule has 0 spiro atoms. The second-order valence-electron chi connectivity index (χ2n) is 3.99. The third kappa shape index (κ3) is 3.60. The molecule has 0 aromatic heterocycles. The van der Waals surface area contributed by atoms with Crippen molar-refractivity contribution in [1.29, 1.82) is 0 Å². The van der Waals surface area contributed by atoms with Crippen molar-refractivity contribution in [2.24, 2.45) is 0 Å². The third-order valence-corrected chi connectivity index (χ3v) is 4.19. The Morgan fingerprint density at radius 3 is 2.55 bits per heavy atom. The van der Waals surface area contributed by atoms with E-state index in [-0.39, 0.29) is 16.3 Å². The molecule has 0 aliphatic rings. The molecule has 0 radical (unpaired) electrons. The number of halogens is 1. The van der Waals surface area contributed by atoms with Crippen molar-refractivity contribution in [2.45, 2.75) is 17.9 Å². The molecule has 3 N–H and O–H groups in total. The van der Waals surface area contributed by atoms with Gasteiger partial charge in [-0.1, -0.05) is 11.6 Å². The van der Waals surface area contributed by atoms with Crippen LogP contribution < -0.4 is 9.46 Å². The highest BCUT2D eigenvalue weighted by molar-refractivity contribution is 7.89. The van der Waals surface area contributed by atoms with Gasteiger partial charge in [0, 0.05) is 11.1 Å². The van der Waals surface area contributed by atoms with Crippen LogP contribution in [0.1, 0.15) is 17.3 Å². The van der Waals surface area contributed by atoms with Gasteiger partial charge in [-0.2, -0.15) is 0 Å². The predicted molar refractivity (Wildman–Crippen MR) is 71.8 cm³/mol. The number of carboxylic acids is 1. The van der Waals surface area contributed by atoms with Crippen LogP contribution in [0, 0.1) is 0 Å². The average Bonchev–Trinajstić information content (AvgIpc) is 2.36. The lowest BCUT2D eigenvalue weighted by Crippen LogP contribution is -2.35. The van der Waals surface area contributed by atoms with Crippen LogP contribution in [0.25, 0.3) is 0 Å². The summed E-state index contributed by atoms with van der Waals surface area (Å²) >= 11 is 5.74. The number of hydrogen-bond acceptors (Lipinski definition) is 5. The second-order valence-corrected chi connectivity index (χ2v) is 6.11. The zero-order chi connectivity index (χ0) is 15.5. The molecule has 0 aliphatic heterocycles. The molecule has 1 aromatic carbocycles. The molecular formula is C11H14ClNO6S. The maximum Gasteiger partial charge on any atom is 0.339 e. The van der Waals surface area contributed by atoms with E-state index in [1.54, 1.807) is 0 Å². The van der Waals surface area contributed by atoms with Crippen molar-refractivity contribution in [3.05, 3.63) is 22.7 Å². The fourth-order valence-electron chi connectivity index (χ4n) is 1.50. The van der Waals surface area contributed by atoms with Crippen molar-refractivity contribution in [1.82, 2.24) is 4.72 Å². The summed E-state index contributed by atoms with van der Waals surface area (Å²) in [7, 11) is -2.92. The number of ether oxygens (including phenoxy) is 1. The minimum atomic E-state index is -4.08. The molecular weight excluding hydrogens is 310 g/mol. The molecule has 0 fully saturated rings. The van der Waals surface area contributed by atoms with E-state index in [1.165, 1.54) is 6.92 Å². The first-order chi connectivity index (χ1) is 9.22. The fraction of sp³-hybridized carbons (Fsp3) is 0.364. The molecule has 0 saturated heterocycles. The number of methoxy groups -OCH3 is 1. The predicted octanol–water partition coefficient (Wildman–Crippen LogP) is 0.706. The largest absolute Gasteiger partial charge is 0.494 e. The normalized spacial score (nSPS) is 13.0. The van der Waals surface area contributed by atoms with Gasteiger partial charge in [0.2, 0.25) is 10.0 Å². The van der Waals surface area contributed by atoms with Gasteiger partial charge in [0.15, 0.2) is 5.75 Å². The summed E-state index contributed by atoms with van der Waals surface area (Å²) < 4.78 is 31.4. The van der Waals surface area contributed by atoms with E-state index in [1.807, 2.05) is 0 Å².